The van der Waals surface area contributed by atoms with Crippen LogP contribution in [-0.4, -0.2) is 28.7 Å². The predicted molar refractivity (Wildman–Crippen MR) is 124 cm³/mol. The molecule has 2 aromatic carbocycles. The van der Waals surface area contributed by atoms with Gasteiger partial charge < -0.3 is 20.3 Å². The van der Waals surface area contributed by atoms with E-state index in [1.54, 1.807) is 7.11 Å². The summed E-state index contributed by atoms with van der Waals surface area (Å²) in [6.07, 6.45) is 0.988. The third-order valence-electron chi connectivity index (χ3n) is 5.15. The quantitative estimate of drug-likeness (QED) is 0.609. The number of benzene rings is 2. The second-order valence-electron chi connectivity index (χ2n) is 7.33. The van der Waals surface area contributed by atoms with E-state index in [-0.39, 0.29) is 0 Å². The van der Waals surface area contributed by atoms with Crippen LogP contribution in [0.3, 0.4) is 0 Å². The average molecular weight is 420 g/mol. The van der Waals surface area contributed by atoms with Gasteiger partial charge >= 0.3 is 0 Å². The van der Waals surface area contributed by atoms with E-state index < -0.39 is 0 Å². The number of thiocarbonyl (C=S) groups is 1. The Morgan fingerprint density at radius 3 is 2.63 bits per heavy atom. The van der Waals surface area contributed by atoms with E-state index in [0.717, 1.165) is 30.9 Å². The number of anilines is 2. The largest absolute Gasteiger partial charge is 0.481 e. The van der Waals surface area contributed by atoms with Gasteiger partial charge in [0.2, 0.25) is 11.8 Å². The first-order valence-electron chi connectivity index (χ1n) is 9.96. The maximum atomic E-state index is 5.44. The van der Waals surface area contributed by atoms with Crippen molar-refractivity contribution < 1.29 is 4.74 Å². The number of ether oxygens (including phenoxy) is 1. The van der Waals surface area contributed by atoms with E-state index in [1.165, 1.54) is 16.7 Å². The Morgan fingerprint density at radius 1 is 1.10 bits per heavy atom. The number of fused-ring (bicyclic) bond motifs is 1. The molecule has 0 saturated carbocycles. The van der Waals surface area contributed by atoms with Crippen LogP contribution in [0.15, 0.2) is 54.6 Å². The molecule has 1 aromatic heterocycles. The summed E-state index contributed by atoms with van der Waals surface area (Å²) in [6.45, 7) is 4.41. The summed E-state index contributed by atoms with van der Waals surface area (Å²) in [7, 11) is 1.61. The van der Waals surface area contributed by atoms with E-state index in [2.05, 4.69) is 81.0 Å². The maximum Gasteiger partial charge on any atom is 0.234 e. The normalized spacial score (nSPS) is 12.8. The predicted octanol–water partition coefficient (Wildman–Crippen LogP) is 3.84. The van der Waals surface area contributed by atoms with Gasteiger partial charge in [-0.2, -0.15) is 9.97 Å². The fourth-order valence-corrected chi connectivity index (χ4v) is 3.62. The highest BCUT2D eigenvalue weighted by Gasteiger charge is 2.19. The maximum absolute atomic E-state index is 5.44. The van der Waals surface area contributed by atoms with Crippen molar-refractivity contribution in [2.75, 3.05) is 23.9 Å². The summed E-state index contributed by atoms with van der Waals surface area (Å²) < 4.78 is 5.40. The van der Waals surface area contributed by atoms with Gasteiger partial charge in [-0.15, -0.1) is 0 Å². The topological polar surface area (TPSA) is 62.3 Å². The highest BCUT2D eigenvalue weighted by atomic mass is 32.1. The fourth-order valence-electron chi connectivity index (χ4n) is 3.46. The molecule has 2 N–H and O–H groups in total. The third kappa shape index (κ3) is 4.86. The zero-order valence-electron chi connectivity index (χ0n) is 17.2. The minimum absolute atomic E-state index is 0.421. The Balaban J connectivity index is 1.45. The summed E-state index contributed by atoms with van der Waals surface area (Å²) in [5.41, 5.74) is 5.11. The lowest BCUT2D eigenvalue weighted by Crippen LogP contribution is -2.32. The molecule has 154 valence electrons. The van der Waals surface area contributed by atoms with Gasteiger partial charge in [0.15, 0.2) is 5.11 Å². The Morgan fingerprint density at radius 2 is 1.87 bits per heavy atom. The van der Waals surface area contributed by atoms with Crippen LogP contribution in [0.1, 0.15) is 22.3 Å². The summed E-state index contributed by atoms with van der Waals surface area (Å²) in [6, 6.07) is 18.7. The van der Waals surface area contributed by atoms with Crippen molar-refractivity contribution >= 4 is 29.1 Å². The van der Waals surface area contributed by atoms with Gasteiger partial charge in [-0.25, -0.2) is 0 Å². The van der Waals surface area contributed by atoms with Crippen molar-refractivity contribution in [2.45, 2.75) is 26.4 Å². The van der Waals surface area contributed by atoms with E-state index >= 15 is 0 Å². The molecular formula is C23H25N5OS. The van der Waals surface area contributed by atoms with E-state index in [9.17, 15) is 0 Å². The summed E-state index contributed by atoms with van der Waals surface area (Å²) in [5, 5.41) is 6.76. The first-order valence-corrected chi connectivity index (χ1v) is 10.4. The SMILES string of the molecule is COc1cc(N2CCc3ccccc3C2)nc(NC(=S)NCc2ccc(C)cc2)n1. The molecule has 0 atom stereocenters. The number of methoxy groups -OCH3 is 1. The van der Waals surface area contributed by atoms with Gasteiger partial charge in [0.05, 0.1) is 7.11 Å². The molecule has 3 aromatic rings. The number of aromatic nitrogens is 2. The highest BCUT2D eigenvalue weighted by molar-refractivity contribution is 7.80. The second-order valence-corrected chi connectivity index (χ2v) is 7.73. The molecule has 0 aliphatic carbocycles. The molecule has 4 rings (SSSR count). The van der Waals surface area contributed by atoms with Crippen molar-refractivity contribution in [3.05, 3.63) is 76.9 Å². The van der Waals surface area contributed by atoms with Crippen LogP contribution in [0.25, 0.3) is 0 Å². The van der Waals surface area contributed by atoms with Crippen LogP contribution in [0.5, 0.6) is 5.88 Å². The minimum Gasteiger partial charge on any atom is -0.481 e. The van der Waals surface area contributed by atoms with Gasteiger partial charge in [0, 0.05) is 25.7 Å². The first-order chi connectivity index (χ1) is 14.6. The molecule has 0 spiro atoms. The van der Waals surface area contributed by atoms with Gasteiger partial charge in [-0.1, -0.05) is 54.1 Å². The molecule has 2 heterocycles. The number of nitrogens with zero attached hydrogens (tertiary/aromatic N) is 3. The average Bonchev–Trinajstić information content (AvgIpc) is 2.78. The second kappa shape index (κ2) is 9.09. The van der Waals surface area contributed by atoms with Crippen LogP contribution >= 0.6 is 12.2 Å². The molecule has 30 heavy (non-hydrogen) atoms. The monoisotopic (exact) mass is 419 g/mol. The molecule has 0 fully saturated rings. The molecule has 0 radical (unpaired) electrons. The van der Waals surface area contributed by atoms with E-state index in [4.69, 9.17) is 17.0 Å². The van der Waals surface area contributed by atoms with Gasteiger partial charge in [0.25, 0.3) is 0 Å². The van der Waals surface area contributed by atoms with Crippen LogP contribution in [-0.2, 0) is 19.5 Å². The molecular weight excluding hydrogens is 394 g/mol. The van der Waals surface area contributed by atoms with Crippen LogP contribution in [0.4, 0.5) is 11.8 Å². The summed E-state index contributed by atoms with van der Waals surface area (Å²) in [4.78, 5) is 11.3. The Hall–Kier alpha value is -3.19. The number of hydrogen-bond donors (Lipinski definition) is 2. The van der Waals surface area contributed by atoms with E-state index in [0.29, 0.717) is 23.5 Å². The molecule has 0 unspecified atom stereocenters. The lowest BCUT2D eigenvalue weighted by atomic mass is 10.00. The number of rotatable bonds is 5. The first kappa shape index (κ1) is 20.1. The number of hydrogen-bond acceptors (Lipinski definition) is 5. The summed E-state index contributed by atoms with van der Waals surface area (Å²) >= 11 is 5.44. The van der Waals surface area contributed by atoms with E-state index in [1.807, 2.05) is 6.07 Å². The minimum atomic E-state index is 0.421. The van der Waals surface area contributed by atoms with Crippen molar-refractivity contribution in [1.82, 2.24) is 15.3 Å². The standard InChI is InChI=1S/C23H25N5OS/c1-16-7-9-17(10-8-16)14-24-23(30)27-22-25-20(13-21(26-22)29-2)28-12-11-18-5-3-4-6-19(18)15-28/h3-10,13H,11-12,14-15H2,1-2H3,(H2,24,25,26,27,30). The lowest BCUT2D eigenvalue weighted by Gasteiger charge is -2.30. The van der Waals surface area contributed by atoms with Crippen LogP contribution in [0, 0.1) is 6.92 Å². The zero-order valence-corrected chi connectivity index (χ0v) is 18.0. The zero-order chi connectivity index (χ0) is 20.9. The van der Waals surface area contributed by atoms with Crippen molar-refractivity contribution in [2.24, 2.45) is 0 Å². The molecule has 7 heteroatoms. The van der Waals surface area contributed by atoms with Crippen LogP contribution < -0.4 is 20.3 Å². The lowest BCUT2D eigenvalue weighted by molar-refractivity contribution is 0.397. The van der Waals surface area contributed by atoms with Gasteiger partial charge in [-0.05, 0) is 42.3 Å². The molecule has 1 aliphatic heterocycles. The molecule has 0 saturated heterocycles. The molecule has 1 aliphatic rings. The third-order valence-corrected chi connectivity index (χ3v) is 5.40. The number of aryl methyl sites for hydroxylation is 1. The van der Waals surface area contributed by atoms with Gasteiger partial charge in [-0.3, -0.25) is 0 Å². The van der Waals surface area contributed by atoms with Crippen molar-refractivity contribution in [3.8, 4) is 5.88 Å². The molecule has 0 bridgehead atoms. The van der Waals surface area contributed by atoms with Crippen molar-refractivity contribution in [3.63, 3.8) is 0 Å². The Labute approximate surface area is 182 Å². The highest BCUT2D eigenvalue weighted by Crippen LogP contribution is 2.26. The molecule has 0 amide bonds. The van der Waals surface area contributed by atoms with Crippen LogP contribution in [0.2, 0.25) is 0 Å². The fraction of sp³-hybridized carbons (Fsp3) is 0.261. The molecule has 6 nitrogen and oxygen atoms in total. The summed E-state index contributed by atoms with van der Waals surface area (Å²) in [5.74, 6) is 1.74. The smallest absolute Gasteiger partial charge is 0.234 e. The Kier molecular flexibility index (Phi) is 6.09. The Bertz CT molecular complexity index is 1040. The number of nitrogens with one attached hydrogen (secondary N) is 2. The van der Waals surface area contributed by atoms with Crippen molar-refractivity contribution in [1.29, 1.82) is 0 Å². The van der Waals surface area contributed by atoms with Gasteiger partial charge in [0.1, 0.15) is 5.82 Å².